The molecule has 0 saturated heterocycles. The monoisotopic (exact) mass is 407 g/mol. The van der Waals surface area contributed by atoms with Gasteiger partial charge in [-0.2, -0.15) is 0 Å². The molecular formula is C23H22ClN3O2. The Hall–Kier alpha value is -3.05. The second-order valence-corrected chi connectivity index (χ2v) is 7.37. The van der Waals surface area contributed by atoms with Crippen molar-refractivity contribution in [2.24, 2.45) is 0 Å². The lowest BCUT2D eigenvalue weighted by molar-refractivity contribution is 0.306. The van der Waals surface area contributed by atoms with Gasteiger partial charge in [-0.05, 0) is 50.1 Å². The summed E-state index contributed by atoms with van der Waals surface area (Å²) >= 11 is 6.04. The molecule has 29 heavy (non-hydrogen) atoms. The van der Waals surface area contributed by atoms with Crippen LogP contribution in [-0.2, 0) is 6.42 Å². The van der Waals surface area contributed by atoms with E-state index in [0.717, 1.165) is 35.0 Å². The van der Waals surface area contributed by atoms with Crippen LogP contribution in [0.1, 0.15) is 23.6 Å². The summed E-state index contributed by atoms with van der Waals surface area (Å²) < 4.78 is 12.0. The first-order valence-corrected chi connectivity index (χ1v) is 9.94. The van der Waals surface area contributed by atoms with Gasteiger partial charge in [0.25, 0.3) is 0 Å². The number of hydrogen-bond acceptors (Lipinski definition) is 4. The van der Waals surface area contributed by atoms with E-state index in [2.05, 4.69) is 23.0 Å². The second kappa shape index (κ2) is 8.53. The van der Waals surface area contributed by atoms with Gasteiger partial charge >= 0.3 is 0 Å². The molecule has 0 aliphatic carbocycles. The molecule has 0 saturated carbocycles. The average Bonchev–Trinajstić information content (AvgIpc) is 3.32. The van der Waals surface area contributed by atoms with Crippen molar-refractivity contribution in [1.82, 2.24) is 15.0 Å². The van der Waals surface area contributed by atoms with Crippen molar-refractivity contribution in [1.29, 1.82) is 0 Å². The quantitative estimate of drug-likeness (QED) is 0.381. The van der Waals surface area contributed by atoms with Gasteiger partial charge in [-0.15, -0.1) is 0 Å². The van der Waals surface area contributed by atoms with Crippen LogP contribution in [0.4, 0.5) is 0 Å². The van der Waals surface area contributed by atoms with E-state index in [1.165, 1.54) is 5.56 Å². The minimum Gasteiger partial charge on any atom is -0.494 e. The SMILES string of the molecule is Cc1cccc(OCCCc2oc(-c3c[nH]c(C)n3)nc2-c2ccc(Cl)cc2)c1. The van der Waals surface area contributed by atoms with Crippen LogP contribution in [0.25, 0.3) is 22.8 Å². The molecule has 6 heteroatoms. The Bertz CT molecular complexity index is 1100. The molecule has 0 radical (unpaired) electrons. The molecule has 0 aliphatic heterocycles. The third kappa shape index (κ3) is 4.69. The summed E-state index contributed by atoms with van der Waals surface area (Å²) in [6.45, 7) is 4.55. The number of oxazole rings is 1. The second-order valence-electron chi connectivity index (χ2n) is 6.94. The van der Waals surface area contributed by atoms with E-state index in [1.807, 2.05) is 49.4 Å². The van der Waals surface area contributed by atoms with Crippen molar-refractivity contribution >= 4 is 11.6 Å². The number of hydrogen-bond donors (Lipinski definition) is 1. The van der Waals surface area contributed by atoms with Gasteiger partial charge < -0.3 is 14.1 Å². The van der Waals surface area contributed by atoms with Crippen LogP contribution < -0.4 is 4.74 Å². The van der Waals surface area contributed by atoms with E-state index in [4.69, 9.17) is 25.7 Å². The molecule has 0 bridgehead atoms. The molecule has 0 amide bonds. The molecule has 0 atom stereocenters. The van der Waals surface area contributed by atoms with E-state index in [0.29, 0.717) is 29.6 Å². The van der Waals surface area contributed by atoms with Gasteiger partial charge in [0.2, 0.25) is 5.89 Å². The highest BCUT2D eigenvalue weighted by molar-refractivity contribution is 6.30. The first-order chi connectivity index (χ1) is 14.1. The van der Waals surface area contributed by atoms with E-state index in [-0.39, 0.29) is 0 Å². The molecular weight excluding hydrogens is 386 g/mol. The molecule has 2 aromatic carbocycles. The largest absolute Gasteiger partial charge is 0.494 e. The Kier molecular flexibility index (Phi) is 5.67. The first-order valence-electron chi connectivity index (χ1n) is 9.56. The molecule has 5 nitrogen and oxygen atoms in total. The Morgan fingerprint density at radius 2 is 1.90 bits per heavy atom. The van der Waals surface area contributed by atoms with Gasteiger partial charge in [0.15, 0.2) is 0 Å². The lowest BCUT2D eigenvalue weighted by atomic mass is 10.1. The smallest absolute Gasteiger partial charge is 0.247 e. The van der Waals surface area contributed by atoms with Crippen LogP contribution in [0.3, 0.4) is 0 Å². The number of nitrogens with one attached hydrogen (secondary N) is 1. The molecule has 2 heterocycles. The molecule has 1 N–H and O–H groups in total. The fourth-order valence-corrected chi connectivity index (χ4v) is 3.25. The average molecular weight is 408 g/mol. The Balaban J connectivity index is 1.52. The number of aromatic amines is 1. The number of halogens is 1. The maximum Gasteiger partial charge on any atom is 0.247 e. The van der Waals surface area contributed by atoms with Gasteiger partial charge in [-0.25, -0.2) is 9.97 Å². The highest BCUT2D eigenvalue weighted by Gasteiger charge is 2.18. The van der Waals surface area contributed by atoms with Crippen LogP contribution in [-0.4, -0.2) is 21.6 Å². The Morgan fingerprint density at radius 1 is 1.07 bits per heavy atom. The zero-order valence-corrected chi connectivity index (χ0v) is 17.2. The number of benzene rings is 2. The van der Waals surface area contributed by atoms with Gasteiger partial charge in [0.1, 0.15) is 28.7 Å². The minimum atomic E-state index is 0.508. The molecule has 2 aromatic heterocycles. The predicted molar refractivity (Wildman–Crippen MR) is 114 cm³/mol. The summed E-state index contributed by atoms with van der Waals surface area (Å²) in [6, 6.07) is 15.7. The van der Waals surface area contributed by atoms with Crippen molar-refractivity contribution < 1.29 is 9.15 Å². The van der Waals surface area contributed by atoms with Crippen LogP contribution >= 0.6 is 11.6 Å². The summed E-state index contributed by atoms with van der Waals surface area (Å²) in [5.74, 6) is 3.03. The number of imidazole rings is 1. The van der Waals surface area contributed by atoms with E-state index >= 15 is 0 Å². The number of nitrogens with zero attached hydrogens (tertiary/aromatic N) is 2. The van der Waals surface area contributed by atoms with Crippen molar-refractivity contribution in [3.8, 4) is 28.6 Å². The molecule has 0 unspecified atom stereocenters. The highest BCUT2D eigenvalue weighted by Crippen LogP contribution is 2.30. The standard InChI is InChI=1S/C23H22ClN3O2/c1-15-5-3-6-19(13-15)28-12-4-7-21-22(17-8-10-18(24)11-9-17)27-23(29-21)20-14-25-16(2)26-20/h3,5-6,8-11,13-14H,4,7,12H2,1-2H3,(H,25,26). The molecule has 0 spiro atoms. The summed E-state index contributed by atoms with van der Waals surface area (Å²) in [7, 11) is 0. The first kappa shape index (κ1) is 19.3. The molecule has 4 aromatic rings. The summed E-state index contributed by atoms with van der Waals surface area (Å²) in [4.78, 5) is 12.2. The molecule has 0 aliphatic rings. The number of aromatic nitrogens is 3. The maximum absolute atomic E-state index is 6.09. The van der Waals surface area contributed by atoms with Crippen molar-refractivity contribution in [2.45, 2.75) is 26.7 Å². The minimum absolute atomic E-state index is 0.508. The Labute approximate surface area is 174 Å². The van der Waals surface area contributed by atoms with Crippen molar-refractivity contribution in [3.05, 3.63) is 76.9 Å². The van der Waals surface area contributed by atoms with Crippen LogP contribution in [0.15, 0.2) is 59.1 Å². The van der Waals surface area contributed by atoms with Crippen LogP contribution in [0.5, 0.6) is 5.75 Å². The number of ether oxygens (including phenoxy) is 1. The summed E-state index contributed by atoms with van der Waals surface area (Å²) in [5.41, 5.74) is 3.65. The van der Waals surface area contributed by atoms with E-state index < -0.39 is 0 Å². The summed E-state index contributed by atoms with van der Waals surface area (Å²) in [6.07, 6.45) is 3.32. The van der Waals surface area contributed by atoms with Crippen LogP contribution in [0.2, 0.25) is 5.02 Å². The fraction of sp³-hybridized carbons (Fsp3) is 0.217. The number of H-pyrrole nitrogens is 1. The lowest BCUT2D eigenvalue weighted by Crippen LogP contribution is -2.00. The van der Waals surface area contributed by atoms with Crippen molar-refractivity contribution in [2.75, 3.05) is 6.61 Å². The Morgan fingerprint density at radius 3 is 2.62 bits per heavy atom. The number of rotatable bonds is 7. The van der Waals surface area contributed by atoms with Gasteiger partial charge in [0.05, 0.1) is 6.61 Å². The zero-order valence-electron chi connectivity index (χ0n) is 16.4. The maximum atomic E-state index is 6.09. The third-order valence-electron chi connectivity index (χ3n) is 4.55. The molecule has 0 fully saturated rings. The molecule has 148 valence electrons. The van der Waals surface area contributed by atoms with Crippen LogP contribution in [0, 0.1) is 13.8 Å². The predicted octanol–water partition coefficient (Wildman–Crippen LogP) is 6.01. The van der Waals surface area contributed by atoms with E-state index in [1.54, 1.807) is 6.20 Å². The molecule has 4 rings (SSSR count). The highest BCUT2D eigenvalue weighted by atomic mass is 35.5. The normalized spacial score (nSPS) is 11.0. The summed E-state index contributed by atoms with van der Waals surface area (Å²) in [5, 5.41) is 0.688. The van der Waals surface area contributed by atoms with Gasteiger partial charge in [-0.3, -0.25) is 0 Å². The number of aryl methyl sites for hydroxylation is 3. The topological polar surface area (TPSA) is 63.9 Å². The lowest BCUT2D eigenvalue weighted by Gasteiger charge is -2.06. The van der Waals surface area contributed by atoms with Crippen molar-refractivity contribution in [3.63, 3.8) is 0 Å². The van der Waals surface area contributed by atoms with Gasteiger partial charge in [-0.1, -0.05) is 35.9 Å². The van der Waals surface area contributed by atoms with Gasteiger partial charge in [0, 0.05) is 23.2 Å². The zero-order chi connectivity index (χ0) is 20.2. The third-order valence-corrected chi connectivity index (χ3v) is 4.80. The fourth-order valence-electron chi connectivity index (χ4n) is 3.12. The van der Waals surface area contributed by atoms with E-state index in [9.17, 15) is 0 Å².